The Morgan fingerprint density at radius 3 is 3.00 bits per heavy atom. The van der Waals surface area contributed by atoms with Gasteiger partial charge in [0.05, 0.1) is 28.5 Å². The Bertz CT molecular complexity index is 645. The Hall–Kier alpha value is -1.64. The molecule has 0 aliphatic carbocycles. The highest BCUT2D eigenvalue weighted by Gasteiger charge is 2.12. The first-order valence-corrected chi connectivity index (χ1v) is 7.40. The molecule has 0 radical (unpaired) electrons. The quantitative estimate of drug-likeness (QED) is 0.806. The highest BCUT2D eigenvalue weighted by Crippen LogP contribution is 2.28. The number of aromatic nitrogens is 3. The number of nitrogens with one attached hydrogen (secondary N) is 1. The number of hydrogen-bond acceptors (Lipinski definition) is 7. The van der Waals surface area contributed by atoms with Crippen LogP contribution in [0.3, 0.4) is 0 Å². The SMILES string of the molecule is O=C(Nc1nc(-c2cccs2)cs1)c1cnsn1. The van der Waals surface area contributed by atoms with E-state index < -0.39 is 0 Å². The molecule has 0 saturated carbocycles. The van der Waals surface area contributed by atoms with Gasteiger partial charge in [0, 0.05) is 5.38 Å². The molecule has 0 atom stereocenters. The van der Waals surface area contributed by atoms with Crippen molar-refractivity contribution < 1.29 is 4.79 Å². The third-order valence-electron chi connectivity index (χ3n) is 2.09. The van der Waals surface area contributed by atoms with Gasteiger partial charge in [0.25, 0.3) is 5.91 Å². The predicted octanol–water partition coefficient (Wildman–Crippen LogP) is 2.98. The van der Waals surface area contributed by atoms with Crippen molar-refractivity contribution in [3.8, 4) is 10.6 Å². The number of nitrogens with zero attached hydrogens (tertiary/aromatic N) is 3. The average molecular weight is 294 g/mol. The van der Waals surface area contributed by atoms with Gasteiger partial charge in [-0.2, -0.15) is 8.75 Å². The molecule has 8 heteroatoms. The number of thiophene rings is 1. The van der Waals surface area contributed by atoms with Crippen LogP contribution in [0, 0.1) is 0 Å². The maximum Gasteiger partial charge on any atom is 0.278 e. The summed E-state index contributed by atoms with van der Waals surface area (Å²) in [7, 11) is 0. The summed E-state index contributed by atoms with van der Waals surface area (Å²) < 4.78 is 7.65. The van der Waals surface area contributed by atoms with Crippen molar-refractivity contribution in [2.24, 2.45) is 0 Å². The van der Waals surface area contributed by atoms with Crippen molar-refractivity contribution in [2.45, 2.75) is 0 Å². The molecular formula is C10H6N4OS3. The molecule has 18 heavy (non-hydrogen) atoms. The molecule has 0 fully saturated rings. The van der Waals surface area contributed by atoms with E-state index in [-0.39, 0.29) is 5.91 Å². The molecule has 0 spiro atoms. The van der Waals surface area contributed by atoms with E-state index in [2.05, 4.69) is 19.0 Å². The minimum atomic E-state index is -0.282. The summed E-state index contributed by atoms with van der Waals surface area (Å²) in [5.74, 6) is -0.282. The third kappa shape index (κ3) is 2.30. The van der Waals surface area contributed by atoms with Crippen molar-refractivity contribution in [3.05, 3.63) is 34.8 Å². The van der Waals surface area contributed by atoms with Gasteiger partial charge in [-0.1, -0.05) is 6.07 Å². The fraction of sp³-hybridized carbons (Fsp3) is 0. The Kier molecular flexibility index (Phi) is 3.13. The molecule has 90 valence electrons. The normalized spacial score (nSPS) is 10.4. The van der Waals surface area contributed by atoms with Crippen LogP contribution in [0.4, 0.5) is 5.13 Å². The van der Waals surface area contributed by atoms with E-state index >= 15 is 0 Å². The molecule has 0 saturated heterocycles. The lowest BCUT2D eigenvalue weighted by molar-refractivity contribution is 0.102. The molecule has 0 aliphatic rings. The van der Waals surface area contributed by atoms with Crippen LogP contribution in [0.1, 0.15) is 10.5 Å². The van der Waals surface area contributed by atoms with Crippen LogP contribution < -0.4 is 5.32 Å². The first kappa shape index (κ1) is 11.5. The molecule has 1 amide bonds. The van der Waals surface area contributed by atoms with Gasteiger partial charge in [0.15, 0.2) is 10.8 Å². The van der Waals surface area contributed by atoms with Crippen molar-refractivity contribution in [1.82, 2.24) is 13.7 Å². The molecular weight excluding hydrogens is 288 g/mol. The summed E-state index contributed by atoms with van der Waals surface area (Å²) in [5.41, 5.74) is 1.19. The lowest BCUT2D eigenvalue weighted by Gasteiger charge is -1.96. The van der Waals surface area contributed by atoms with Gasteiger partial charge in [-0.25, -0.2) is 4.98 Å². The fourth-order valence-corrected chi connectivity index (χ4v) is 3.17. The number of amides is 1. The number of rotatable bonds is 3. The van der Waals surface area contributed by atoms with E-state index in [1.54, 1.807) is 11.3 Å². The minimum absolute atomic E-state index is 0.282. The van der Waals surface area contributed by atoms with E-state index in [9.17, 15) is 4.79 Å². The number of hydrogen-bond donors (Lipinski definition) is 1. The Balaban J connectivity index is 1.76. The van der Waals surface area contributed by atoms with Crippen LogP contribution in [-0.4, -0.2) is 19.6 Å². The van der Waals surface area contributed by atoms with Gasteiger partial charge in [0.2, 0.25) is 0 Å². The number of thiazole rings is 1. The Morgan fingerprint density at radius 1 is 1.33 bits per heavy atom. The van der Waals surface area contributed by atoms with Crippen LogP contribution >= 0.6 is 34.4 Å². The number of carbonyl (C=O) groups excluding carboxylic acids is 1. The molecule has 3 aromatic heterocycles. The number of carbonyl (C=O) groups is 1. The van der Waals surface area contributed by atoms with Crippen LogP contribution in [0.5, 0.6) is 0 Å². The average Bonchev–Trinajstić information content (AvgIpc) is 3.12. The van der Waals surface area contributed by atoms with Crippen molar-refractivity contribution >= 4 is 45.4 Å². The van der Waals surface area contributed by atoms with Gasteiger partial charge in [-0.05, 0) is 11.4 Å². The van der Waals surface area contributed by atoms with E-state index in [4.69, 9.17) is 0 Å². The molecule has 0 aromatic carbocycles. The van der Waals surface area contributed by atoms with E-state index in [1.165, 1.54) is 17.5 Å². The molecule has 5 nitrogen and oxygen atoms in total. The van der Waals surface area contributed by atoms with E-state index in [0.29, 0.717) is 10.8 Å². The molecule has 3 aromatic rings. The van der Waals surface area contributed by atoms with Gasteiger partial charge in [-0.15, -0.1) is 22.7 Å². The zero-order valence-electron chi connectivity index (χ0n) is 8.86. The second kappa shape index (κ2) is 4.92. The topological polar surface area (TPSA) is 67.8 Å². The lowest BCUT2D eigenvalue weighted by Crippen LogP contribution is -2.11. The fourth-order valence-electron chi connectivity index (χ4n) is 1.29. The lowest BCUT2D eigenvalue weighted by atomic mass is 10.4. The minimum Gasteiger partial charge on any atom is -0.296 e. The predicted molar refractivity (Wildman–Crippen MR) is 73.3 cm³/mol. The second-order valence-electron chi connectivity index (χ2n) is 3.26. The largest absolute Gasteiger partial charge is 0.296 e. The van der Waals surface area contributed by atoms with Crippen molar-refractivity contribution in [1.29, 1.82) is 0 Å². The highest BCUT2D eigenvalue weighted by molar-refractivity contribution is 7.16. The van der Waals surface area contributed by atoms with E-state index in [0.717, 1.165) is 22.3 Å². The van der Waals surface area contributed by atoms with Crippen LogP contribution in [0.25, 0.3) is 10.6 Å². The molecule has 3 rings (SSSR count). The van der Waals surface area contributed by atoms with Crippen LogP contribution in [-0.2, 0) is 0 Å². The molecule has 0 aliphatic heterocycles. The maximum atomic E-state index is 11.7. The van der Waals surface area contributed by atoms with Gasteiger partial charge in [-0.3, -0.25) is 10.1 Å². The third-order valence-corrected chi connectivity index (χ3v) is 4.22. The monoisotopic (exact) mass is 294 g/mol. The maximum absolute atomic E-state index is 11.7. The molecule has 3 heterocycles. The molecule has 0 unspecified atom stereocenters. The number of anilines is 1. The summed E-state index contributed by atoms with van der Waals surface area (Å²) in [4.78, 5) is 17.2. The smallest absolute Gasteiger partial charge is 0.278 e. The second-order valence-corrected chi connectivity index (χ2v) is 5.62. The van der Waals surface area contributed by atoms with Crippen molar-refractivity contribution in [3.63, 3.8) is 0 Å². The molecule has 1 N–H and O–H groups in total. The highest BCUT2D eigenvalue weighted by atomic mass is 32.1. The summed E-state index contributed by atoms with van der Waals surface area (Å²) in [6.07, 6.45) is 1.44. The first-order valence-electron chi connectivity index (χ1n) is 4.91. The van der Waals surface area contributed by atoms with E-state index in [1.807, 2.05) is 22.9 Å². The zero-order valence-corrected chi connectivity index (χ0v) is 11.3. The zero-order chi connectivity index (χ0) is 12.4. The Labute approximate surface area is 114 Å². The first-order chi connectivity index (χ1) is 8.83. The van der Waals surface area contributed by atoms with Gasteiger partial charge in [0.1, 0.15) is 0 Å². The summed E-state index contributed by atoms with van der Waals surface area (Å²) >= 11 is 4.01. The molecule has 0 bridgehead atoms. The van der Waals surface area contributed by atoms with Gasteiger partial charge >= 0.3 is 0 Å². The standard InChI is InChI=1S/C10H6N4OS3/c15-9(6-4-11-18-14-6)13-10-12-7(5-17-10)8-2-1-3-16-8/h1-5H,(H,12,13,15). The summed E-state index contributed by atoms with van der Waals surface area (Å²) in [6, 6.07) is 3.97. The summed E-state index contributed by atoms with van der Waals surface area (Å²) in [5, 5.41) is 7.18. The van der Waals surface area contributed by atoms with Crippen LogP contribution in [0.15, 0.2) is 29.1 Å². The van der Waals surface area contributed by atoms with Gasteiger partial charge < -0.3 is 0 Å². The Morgan fingerprint density at radius 2 is 2.28 bits per heavy atom. The van der Waals surface area contributed by atoms with Crippen LogP contribution in [0.2, 0.25) is 0 Å². The van der Waals surface area contributed by atoms with Crippen molar-refractivity contribution in [2.75, 3.05) is 5.32 Å². The summed E-state index contributed by atoms with van der Waals surface area (Å²) in [6.45, 7) is 0.